The minimum absolute atomic E-state index is 0.0335. The van der Waals surface area contributed by atoms with Gasteiger partial charge in [0.05, 0.1) is 23.1 Å². The predicted molar refractivity (Wildman–Crippen MR) is 113 cm³/mol. The van der Waals surface area contributed by atoms with Gasteiger partial charge in [-0.3, -0.25) is 4.90 Å². The number of aliphatic hydroxyl groups excluding tert-OH is 1. The minimum atomic E-state index is -4.45. The smallest absolute Gasteiger partial charge is 0.396 e. The van der Waals surface area contributed by atoms with Crippen LogP contribution in [0.2, 0.25) is 0 Å². The summed E-state index contributed by atoms with van der Waals surface area (Å²) in [6, 6.07) is 8.22. The normalized spacial score (nSPS) is 20.3. The topological polar surface area (TPSA) is 38.7 Å². The highest BCUT2D eigenvalue weighted by Gasteiger charge is 2.38. The van der Waals surface area contributed by atoms with Gasteiger partial charge in [-0.1, -0.05) is 18.7 Å². The van der Waals surface area contributed by atoms with Crippen LogP contribution >= 0.6 is 11.8 Å². The number of hydrogen-bond acceptors (Lipinski definition) is 5. The van der Waals surface area contributed by atoms with E-state index in [0.717, 1.165) is 12.6 Å². The molecule has 2 heterocycles. The van der Waals surface area contributed by atoms with Crippen molar-refractivity contribution in [3.05, 3.63) is 47.8 Å². The van der Waals surface area contributed by atoms with Crippen molar-refractivity contribution in [2.45, 2.75) is 47.9 Å². The number of hydrogen-bond donors (Lipinski definition) is 2. The van der Waals surface area contributed by atoms with Crippen molar-refractivity contribution in [3.8, 4) is 0 Å². The minimum Gasteiger partial charge on any atom is -0.396 e. The quantitative estimate of drug-likeness (QED) is 0.632. The molecule has 2 aromatic carbocycles. The van der Waals surface area contributed by atoms with Crippen LogP contribution in [0.4, 0.5) is 28.9 Å². The van der Waals surface area contributed by atoms with Gasteiger partial charge in [0.25, 0.3) is 0 Å². The van der Waals surface area contributed by atoms with Crippen molar-refractivity contribution in [2.24, 2.45) is 0 Å². The van der Waals surface area contributed by atoms with Gasteiger partial charge in [0, 0.05) is 42.1 Å². The third kappa shape index (κ3) is 4.41. The molecule has 0 aromatic heterocycles. The van der Waals surface area contributed by atoms with Crippen molar-refractivity contribution < 1.29 is 22.7 Å². The van der Waals surface area contributed by atoms with E-state index in [0.29, 0.717) is 47.1 Å². The SMILES string of the molecule is CCC(N1c2ccc(F)cc2Sc2ccc(C(F)(F)F)cc21)N1CCNCC1CCO. The van der Waals surface area contributed by atoms with Crippen molar-refractivity contribution in [2.75, 3.05) is 31.1 Å². The Balaban J connectivity index is 1.84. The van der Waals surface area contributed by atoms with Crippen molar-refractivity contribution in [1.29, 1.82) is 0 Å². The number of nitrogens with zero attached hydrogens (tertiary/aromatic N) is 2. The number of rotatable bonds is 5. The summed E-state index contributed by atoms with van der Waals surface area (Å²) in [5.41, 5.74) is 0.475. The van der Waals surface area contributed by atoms with Gasteiger partial charge >= 0.3 is 6.18 Å². The highest BCUT2D eigenvalue weighted by molar-refractivity contribution is 7.99. The third-order valence-corrected chi connectivity index (χ3v) is 6.96. The maximum atomic E-state index is 14.0. The maximum absolute atomic E-state index is 14.0. The van der Waals surface area contributed by atoms with Gasteiger partial charge in [-0.15, -0.1) is 0 Å². The highest BCUT2D eigenvalue weighted by atomic mass is 32.2. The van der Waals surface area contributed by atoms with Gasteiger partial charge in [-0.2, -0.15) is 13.2 Å². The number of nitrogens with one attached hydrogen (secondary N) is 1. The van der Waals surface area contributed by atoms with Crippen LogP contribution < -0.4 is 10.2 Å². The molecule has 168 valence electrons. The monoisotopic (exact) mass is 455 g/mol. The second-order valence-corrected chi connectivity index (χ2v) is 8.85. The molecule has 9 heteroatoms. The number of aliphatic hydroxyl groups is 1. The van der Waals surface area contributed by atoms with Crippen LogP contribution in [0.15, 0.2) is 46.2 Å². The van der Waals surface area contributed by atoms with Crippen LogP contribution in [0, 0.1) is 5.82 Å². The number of piperazine rings is 1. The molecule has 2 N–H and O–H groups in total. The molecular formula is C22H25F4N3OS. The molecule has 0 spiro atoms. The largest absolute Gasteiger partial charge is 0.416 e. The summed E-state index contributed by atoms with van der Waals surface area (Å²) in [4.78, 5) is 5.52. The zero-order valence-corrected chi connectivity index (χ0v) is 17.9. The maximum Gasteiger partial charge on any atom is 0.416 e. The lowest BCUT2D eigenvalue weighted by molar-refractivity contribution is -0.137. The summed E-state index contributed by atoms with van der Waals surface area (Å²) in [6.45, 7) is 4.20. The summed E-state index contributed by atoms with van der Waals surface area (Å²) >= 11 is 1.29. The Morgan fingerprint density at radius 3 is 2.68 bits per heavy atom. The molecule has 4 rings (SSSR count). The van der Waals surface area contributed by atoms with E-state index >= 15 is 0 Å². The van der Waals surface area contributed by atoms with Gasteiger partial charge in [0.2, 0.25) is 0 Å². The highest BCUT2D eigenvalue weighted by Crippen LogP contribution is 2.51. The van der Waals surface area contributed by atoms with Crippen LogP contribution in [0.1, 0.15) is 25.3 Å². The Hall–Kier alpha value is -1.81. The van der Waals surface area contributed by atoms with Gasteiger partial charge < -0.3 is 15.3 Å². The van der Waals surface area contributed by atoms with E-state index in [-0.39, 0.29) is 24.6 Å². The molecule has 31 heavy (non-hydrogen) atoms. The van der Waals surface area contributed by atoms with Gasteiger partial charge in [0.15, 0.2) is 0 Å². The van der Waals surface area contributed by atoms with E-state index in [4.69, 9.17) is 0 Å². The Morgan fingerprint density at radius 2 is 1.97 bits per heavy atom. The number of anilines is 2. The zero-order valence-electron chi connectivity index (χ0n) is 17.1. The molecule has 2 atom stereocenters. The number of benzene rings is 2. The van der Waals surface area contributed by atoms with E-state index in [1.54, 1.807) is 6.07 Å². The summed E-state index contributed by atoms with van der Waals surface area (Å²) in [5.74, 6) is -0.380. The standard InChI is InChI=1S/C22H25F4N3OS/c1-2-21(28-9-8-27-13-16(28)7-10-30)29-17-5-4-15(23)12-20(17)31-19-6-3-14(11-18(19)29)22(24,25)26/h3-6,11-12,16,21,27,30H,2,7-10,13H2,1H3. The number of fused-ring (bicyclic) bond motifs is 2. The first-order chi connectivity index (χ1) is 14.8. The van der Waals surface area contributed by atoms with Crippen molar-refractivity contribution >= 4 is 23.1 Å². The molecular weight excluding hydrogens is 430 g/mol. The van der Waals surface area contributed by atoms with Gasteiger partial charge in [0.1, 0.15) is 5.82 Å². The lowest BCUT2D eigenvalue weighted by atomic mass is 10.1. The lowest BCUT2D eigenvalue weighted by Crippen LogP contribution is -2.59. The fourth-order valence-corrected chi connectivity index (χ4v) is 5.53. The van der Waals surface area contributed by atoms with E-state index in [9.17, 15) is 22.7 Å². The van der Waals surface area contributed by atoms with Crippen molar-refractivity contribution in [3.63, 3.8) is 0 Å². The molecule has 2 unspecified atom stereocenters. The first-order valence-electron chi connectivity index (χ1n) is 10.4. The van der Waals surface area contributed by atoms with Crippen LogP contribution in [0.3, 0.4) is 0 Å². The molecule has 2 aliphatic rings. The summed E-state index contributed by atoms with van der Waals surface area (Å²) < 4.78 is 54.5. The first kappa shape index (κ1) is 22.4. The molecule has 0 aliphatic carbocycles. The van der Waals surface area contributed by atoms with E-state index in [1.807, 2.05) is 11.8 Å². The second kappa shape index (κ2) is 8.97. The Kier molecular flexibility index (Phi) is 6.48. The average molecular weight is 456 g/mol. The van der Waals surface area contributed by atoms with Crippen LogP contribution in [-0.4, -0.2) is 48.5 Å². The molecule has 1 fully saturated rings. The van der Waals surface area contributed by atoms with Crippen LogP contribution in [0.5, 0.6) is 0 Å². The Morgan fingerprint density at radius 1 is 1.16 bits per heavy atom. The molecule has 4 nitrogen and oxygen atoms in total. The third-order valence-electron chi connectivity index (χ3n) is 5.85. The predicted octanol–water partition coefficient (Wildman–Crippen LogP) is 4.84. The van der Waals surface area contributed by atoms with Crippen LogP contribution in [-0.2, 0) is 6.18 Å². The lowest BCUT2D eigenvalue weighted by Gasteiger charge is -2.48. The molecule has 2 aliphatic heterocycles. The number of alkyl halides is 3. The summed E-state index contributed by atoms with van der Waals surface area (Å²) in [5, 5.41) is 12.9. The average Bonchev–Trinajstić information content (AvgIpc) is 2.74. The van der Waals surface area contributed by atoms with E-state index < -0.39 is 11.7 Å². The van der Waals surface area contributed by atoms with Gasteiger partial charge in [-0.25, -0.2) is 4.39 Å². The molecule has 0 bridgehead atoms. The van der Waals surface area contributed by atoms with E-state index in [2.05, 4.69) is 10.2 Å². The molecule has 0 amide bonds. The number of halogens is 4. The van der Waals surface area contributed by atoms with E-state index in [1.165, 1.54) is 36.0 Å². The van der Waals surface area contributed by atoms with Crippen LogP contribution in [0.25, 0.3) is 0 Å². The summed E-state index contributed by atoms with van der Waals surface area (Å²) in [6.07, 6.45) is -3.47. The zero-order chi connectivity index (χ0) is 22.2. The summed E-state index contributed by atoms with van der Waals surface area (Å²) in [7, 11) is 0. The molecule has 0 radical (unpaired) electrons. The Labute approximate surface area is 183 Å². The molecule has 2 aromatic rings. The first-order valence-corrected chi connectivity index (χ1v) is 11.2. The fraction of sp³-hybridized carbons (Fsp3) is 0.455. The second-order valence-electron chi connectivity index (χ2n) is 7.76. The Bertz CT molecular complexity index is 937. The van der Waals surface area contributed by atoms with Gasteiger partial charge in [-0.05, 0) is 49.2 Å². The molecule has 0 saturated carbocycles. The van der Waals surface area contributed by atoms with Crippen molar-refractivity contribution in [1.82, 2.24) is 10.2 Å². The molecule has 1 saturated heterocycles. The fourth-order valence-electron chi connectivity index (χ4n) is 4.46.